The van der Waals surface area contributed by atoms with Crippen LogP contribution in [0.4, 0.5) is 5.69 Å². The van der Waals surface area contributed by atoms with Gasteiger partial charge in [-0.2, -0.15) is 0 Å². The maximum atomic E-state index is 11.8. The molecule has 104 valence electrons. The molecule has 1 aromatic rings. The average molecular weight is 267 g/mol. The maximum absolute atomic E-state index is 11.8. The van der Waals surface area contributed by atoms with Crippen LogP contribution in [0.2, 0.25) is 0 Å². The Hall–Kier alpha value is -1.99. The predicted molar refractivity (Wildman–Crippen MR) is 69.8 cm³/mol. The lowest BCUT2D eigenvalue weighted by molar-refractivity contribution is -0.385. The van der Waals surface area contributed by atoms with Gasteiger partial charge in [-0.1, -0.05) is 0 Å². The van der Waals surface area contributed by atoms with Crippen LogP contribution in [0.3, 0.4) is 0 Å². The van der Waals surface area contributed by atoms with Crippen molar-refractivity contribution in [3.63, 3.8) is 0 Å². The number of benzene rings is 1. The summed E-state index contributed by atoms with van der Waals surface area (Å²) in [5.74, 6) is -0.380. The average Bonchev–Trinajstić information content (AvgIpc) is 2.34. The van der Waals surface area contributed by atoms with E-state index in [-0.39, 0.29) is 18.1 Å². The van der Waals surface area contributed by atoms with Gasteiger partial charge in [0.05, 0.1) is 11.0 Å². The fraction of sp³-hybridized carbons (Fsp3) is 0.417. The van der Waals surface area contributed by atoms with Gasteiger partial charge in [0.2, 0.25) is 0 Å². The monoisotopic (exact) mass is 267 g/mol. The Morgan fingerprint density at radius 1 is 1.58 bits per heavy atom. The number of carbonyl (C=O) groups is 1. The lowest BCUT2D eigenvalue weighted by atomic mass is 10.1. The molecule has 2 unspecified atom stereocenters. The normalized spacial score (nSPS) is 13.7. The van der Waals surface area contributed by atoms with Crippen LogP contribution in [0.15, 0.2) is 18.2 Å². The minimum absolute atomic E-state index is 0.0303. The third kappa shape index (κ3) is 4.01. The summed E-state index contributed by atoms with van der Waals surface area (Å²) in [5, 5.41) is 22.4. The van der Waals surface area contributed by atoms with Gasteiger partial charge in [-0.25, -0.2) is 0 Å². The van der Waals surface area contributed by atoms with Gasteiger partial charge < -0.3 is 16.2 Å². The smallest absolute Gasteiger partial charge is 0.272 e. The molecule has 0 aliphatic carbocycles. The number of nitro groups is 1. The van der Waals surface area contributed by atoms with E-state index < -0.39 is 17.1 Å². The molecule has 1 aromatic carbocycles. The van der Waals surface area contributed by atoms with Crippen molar-refractivity contribution < 1.29 is 14.8 Å². The van der Waals surface area contributed by atoms with Crippen LogP contribution < -0.4 is 11.1 Å². The molecule has 0 aliphatic rings. The predicted octanol–water partition coefficient (Wildman–Crippen LogP) is 0.341. The van der Waals surface area contributed by atoms with Crippen molar-refractivity contribution in [1.29, 1.82) is 0 Å². The largest absolute Gasteiger partial charge is 0.392 e. The third-order valence-electron chi connectivity index (χ3n) is 2.77. The van der Waals surface area contributed by atoms with Crippen LogP contribution in [0.25, 0.3) is 0 Å². The lowest BCUT2D eigenvalue weighted by Crippen LogP contribution is -2.43. The van der Waals surface area contributed by atoms with E-state index in [1.165, 1.54) is 25.1 Å². The van der Waals surface area contributed by atoms with Gasteiger partial charge in [-0.15, -0.1) is 0 Å². The Balaban J connectivity index is 2.73. The molecule has 0 spiro atoms. The van der Waals surface area contributed by atoms with Crippen molar-refractivity contribution in [2.45, 2.75) is 26.0 Å². The molecule has 0 saturated heterocycles. The number of amides is 1. The molecule has 0 aromatic heterocycles. The summed E-state index contributed by atoms with van der Waals surface area (Å²) in [6.07, 6.45) is -0.723. The molecule has 1 rings (SSSR count). The number of nitrogens with zero attached hydrogens (tertiary/aromatic N) is 1. The van der Waals surface area contributed by atoms with E-state index in [2.05, 4.69) is 5.32 Å². The molecule has 7 heteroatoms. The summed E-state index contributed by atoms with van der Waals surface area (Å²) in [6, 6.07) is 3.57. The molecule has 0 heterocycles. The van der Waals surface area contributed by atoms with Gasteiger partial charge in [-0.05, 0) is 26.0 Å². The highest BCUT2D eigenvalue weighted by molar-refractivity contribution is 5.94. The van der Waals surface area contributed by atoms with Crippen LogP contribution in [0.5, 0.6) is 0 Å². The number of aryl methyl sites for hydroxylation is 1. The Labute approximate surface area is 110 Å². The molecule has 2 atom stereocenters. The summed E-state index contributed by atoms with van der Waals surface area (Å²) in [4.78, 5) is 21.9. The molecule has 0 saturated carbocycles. The first kappa shape index (κ1) is 15.1. The summed E-state index contributed by atoms with van der Waals surface area (Å²) in [7, 11) is 0. The van der Waals surface area contributed by atoms with Gasteiger partial charge in [-0.3, -0.25) is 14.9 Å². The Morgan fingerprint density at radius 2 is 2.21 bits per heavy atom. The molecule has 0 bridgehead atoms. The van der Waals surface area contributed by atoms with Crippen molar-refractivity contribution in [2.24, 2.45) is 5.73 Å². The van der Waals surface area contributed by atoms with E-state index in [0.717, 1.165) is 0 Å². The van der Waals surface area contributed by atoms with Crippen molar-refractivity contribution >= 4 is 11.6 Å². The van der Waals surface area contributed by atoms with E-state index in [1.54, 1.807) is 6.92 Å². The number of hydrogen-bond acceptors (Lipinski definition) is 5. The van der Waals surface area contributed by atoms with Crippen LogP contribution in [-0.4, -0.2) is 34.6 Å². The van der Waals surface area contributed by atoms with Crippen LogP contribution >= 0.6 is 0 Å². The number of aliphatic hydroxyl groups excluding tert-OH is 1. The molecule has 0 aliphatic heterocycles. The molecular weight excluding hydrogens is 250 g/mol. The second-order valence-corrected chi connectivity index (χ2v) is 4.37. The Morgan fingerprint density at radius 3 is 2.68 bits per heavy atom. The zero-order valence-corrected chi connectivity index (χ0v) is 10.8. The first-order chi connectivity index (χ1) is 8.82. The SMILES string of the molecule is Cc1cc(C(=O)NCC(N)C(C)O)ccc1[N+](=O)[O-]. The zero-order chi connectivity index (χ0) is 14.6. The Kier molecular flexibility index (Phi) is 4.96. The van der Waals surface area contributed by atoms with E-state index in [1.807, 2.05) is 0 Å². The topological polar surface area (TPSA) is 118 Å². The number of hydrogen-bond donors (Lipinski definition) is 3. The van der Waals surface area contributed by atoms with E-state index in [4.69, 9.17) is 5.73 Å². The number of nitro benzene ring substituents is 1. The van der Waals surface area contributed by atoms with Gasteiger partial charge in [0.1, 0.15) is 0 Å². The maximum Gasteiger partial charge on any atom is 0.272 e. The lowest BCUT2D eigenvalue weighted by Gasteiger charge is -2.15. The quantitative estimate of drug-likeness (QED) is 0.525. The standard InChI is InChI=1S/C12H17N3O4/c1-7-5-9(3-4-11(7)15(18)19)12(17)14-6-10(13)8(2)16/h3-5,8,10,16H,6,13H2,1-2H3,(H,14,17). The zero-order valence-electron chi connectivity index (χ0n) is 10.8. The Bertz CT molecular complexity index is 488. The van der Waals surface area contributed by atoms with Gasteiger partial charge in [0.25, 0.3) is 11.6 Å². The first-order valence-corrected chi connectivity index (χ1v) is 5.79. The molecule has 4 N–H and O–H groups in total. The molecule has 0 radical (unpaired) electrons. The van der Waals surface area contributed by atoms with Crippen LogP contribution in [-0.2, 0) is 0 Å². The van der Waals surface area contributed by atoms with Crippen molar-refractivity contribution in [2.75, 3.05) is 6.54 Å². The van der Waals surface area contributed by atoms with Gasteiger partial charge >= 0.3 is 0 Å². The number of carbonyl (C=O) groups excluding carboxylic acids is 1. The number of nitrogens with two attached hydrogens (primary N) is 1. The van der Waals surface area contributed by atoms with Gasteiger partial charge in [0.15, 0.2) is 0 Å². The van der Waals surface area contributed by atoms with Crippen molar-refractivity contribution in [3.8, 4) is 0 Å². The first-order valence-electron chi connectivity index (χ1n) is 5.79. The number of aliphatic hydroxyl groups is 1. The van der Waals surface area contributed by atoms with Crippen molar-refractivity contribution in [3.05, 3.63) is 39.4 Å². The number of rotatable bonds is 5. The minimum atomic E-state index is -0.723. The highest BCUT2D eigenvalue weighted by Gasteiger charge is 2.15. The molecule has 0 fully saturated rings. The summed E-state index contributed by atoms with van der Waals surface area (Å²) >= 11 is 0. The van der Waals surface area contributed by atoms with Crippen molar-refractivity contribution in [1.82, 2.24) is 5.32 Å². The highest BCUT2D eigenvalue weighted by Crippen LogP contribution is 2.18. The third-order valence-corrected chi connectivity index (χ3v) is 2.77. The fourth-order valence-electron chi connectivity index (χ4n) is 1.48. The summed E-state index contributed by atoms with van der Waals surface area (Å²) < 4.78 is 0. The van der Waals surface area contributed by atoms with Gasteiger partial charge in [0, 0.05) is 29.8 Å². The second-order valence-electron chi connectivity index (χ2n) is 4.37. The fourth-order valence-corrected chi connectivity index (χ4v) is 1.48. The van der Waals surface area contributed by atoms with E-state index in [9.17, 15) is 20.0 Å². The summed E-state index contributed by atoms with van der Waals surface area (Å²) in [5.41, 5.74) is 6.29. The molecule has 7 nitrogen and oxygen atoms in total. The van der Waals surface area contributed by atoms with E-state index in [0.29, 0.717) is 11.1 Å². The van der Waals surface area contributed by atoms with E-state index >= 15 is 0 Å². The van der Waals surface area contributed by atoms with Crippen LogP contribution in [0.1, 0.15) is 22.8 Å². The summed E-state index contributed by atoms with van der Waals surface area (Å²) in [6.45, 7) is 3.23. The molecule has 1 amide bonds. The molecule has 19 heavy (non-hydrogen) atoms. The second kappa shape index (κ2) is 6.26. The highest BCUT2D eigenvalue weighted by atomic mass is 16.6. The molecular formula is C12H17N3O4. The minimum Gasteiger partial charge on any atom is -0.392 e. The number of nitrogens with one attached hydrogen (secondary N) is 1. The van der Waals surface area contributed by atoms with Crippen LogP contribution in [0, 0.1) is 17.0 Å².